The smallest absolute Gasteiger partial charge is 0.131 e. The Morgan fingerprint density at radius 2 is 1.80 bits per heavy atom. The van der Waals surface area contributed by atoms with Crippen molar-refractivity contribution >= 4 is 0 Å². The molecule has 0 saturated carbocycles. The molecule has 0 heterocycles. The molecule has 2 N–H and O–H groups in total. The van der Waals surface area contributed by atoms with Crippen LogP contribution in [0.4, 0.5) is 8.78 Å². The lowest BCUT2D eigenvalue weighted by atomic mass is 9.96. The zero-order valence-corrected chi connectivity index (χ0v) is 11.8. The molecule has 0 bridgehead atoms. The highest BCUT2D eigenvalue weighted by Gasteiger charge is 2.16. The van der Waals surface area contributed by atoms with E-state index in [4.69, 9.17) is 5.26 Å². The van der Waals surface area contributed by atoms with Crippen molar-refractivity contribution in [2.24, 2.45) is 5.92 Å². The molecule has 1 unspecified atom stereocenters. The fourth-order valence-corrected chi connectivity index (χ4v) is 2.18. The second kappa shape index (κ2) is 7.93. The molecule has 0 saturated heterocycles. The molecule has 0 aliphatic carbocycles. The van der Waals surface area contributed by atoms with Crippen LogP contribution in [0.5, 0.6) is 0 Å². The van der Waals surface area contributed by atoms with Crippen LogP contribution >= 0.6 is 0 Å². The topological polar surface area (TPSA) is 56.0 Å². The zero-order chi connectivity index (χ0) is 15.1. The van der Waals surface area contributed by atoms with Gasteiger partial charge in [0.05, 0.1) is 17.7 Å². The molecule has 20 heavy (non-hydrogen) atoms. The van der Waals surface area contributed by atoms with E-state index in [9.17, 15) is 13.9 Å². The fourth-order valence-electron chi connectivity index (χ4n) is 2.18. The number of halogens is 2. The average Bonchev–Trinajstić information content (AvgIpc) is 2.42. The quantitative estimate of drug-likeness (QED) is 0.808. The molecule has 1 rings (SSSR count). The van der Waals surface area contributed by atoms with Gasteiger partial charge in [-0.1, -0.05) is 26.7 Å². The van der Waals surface area contributed by atoms with Crippen LogP contribution in [0.1, 0.15) is 37.8 Å². The van der Waals surface area contributed by atoms with E-state index in [1.54, 1.807) is 6.07 Å². The first-order valence-corrected chi connectivity index (χ1v) is 6.80. The Hall–Kier alpha value is -1.51. The Morgan fingerprint density at radius 3 is 2.25 bits per heavy atom. The van der Waals surface area contributed by atoms with E-state index < -0.39 is 17.7 Å². The molecule has 0 amide bonds. The lowest BCUT2D eigenvalue weighted by Crippen LogP contribution is -2.32. The van der Waals surface area contributed by atoms with Crippen molar-refractivity contribution in [1.29, 1.82) is 5.26 Å². The van der Waals surface area contributed by atoms with Gasteiger partial charge < -0.3 is 10.4 Å². The number of benzene rings is 1. The van der Waals surface area contributed by atoms with Crippen LogP contribution in [-0.2, 0) is 6.54 Å². The van der Waals surface area contributed by atoms with Crippen molar-refractivity contribution in [3.63, 3.8) is 0 Å². The average molecular weight is 282 g/mol. The standard InChI is InChI=1S/C15H20F2N2O/c1-3-11(4-2)15(20)9-19-8-12-13(16)5-10(7-18)6-14(12)17/h5-6,11,15,19-20H,3-4,8-9H2,1-2H3. The summed E-state index contributed by atoms with van der Waals surface area (Å²) in [6, 6.07) is 3.72. The van der Waals surface area contributed by atoms with Crippen molar-refractivity contribution in [3.8, 4) is 6.07 Å². The number of nitrogens with zero attached hydrogens (tertiary/aromatic N) is 1. The fraction of sp³-hybridized carbons (Fsp3) is 0.533. The third-order valence-electron chi connectivity index (χ3n) is 3.52. The summed E-state index contributed by atoms with van der Waals surface area (Å²) in [5.41, 5.74) is -0.151. The molecular formula is C15H20F2N2O. The highest BCUT2D eigenvalue weighted by Crippen LogP contribution is 2.16. The summed E-state index contributed by atoms with van der Waals surface area (Å²) in [6.45, 7) is 4.26. The summed E-state index contributed by atoms with van der Waals surface area (Å²) in [6.07, 6.45) is 1.19. The molecule has 0 fully saturated rings. The highest BCUT2D eigenvalue weighted by molar-refractivity contribution is 5.34. The lowest BCUT2D eigenvalue weighted by molar-refractivity contribution is 0.101. The van der Waals surface area contributed by atoms with Gasteiger partial charge in [0.1, 0.15) is 11.6 Å². The van der Waals surface area contributed by atoms with Gasteiger partial charge in [0.15, 0.2) is 0 Å². The summed E-state index contributed by atoms with van der Waals surface area (Å²) in [7, 11) is 0. The molecular weight excluding hydrogens is 262 g/mol. The summed E-state index contributed by atoms with van der Waals surface area (Å²) in [5, 5.41) is 21.4. The maximum absolute atomic E-state index is 13.6. The van der Waals surface area contributed by atoms with Crippen LogP contribution in [-0.4, -0.2) is 17.8 Å². The van der Waals surface area contributed by atoms with Crippen LogP contribution < -0.4 is 5.32 Å². The first kappa shape index (κ1) is 16.5. The molecule has 0 aliphatic heterocycles. The van der Waals surface area contributed by atoms with Gasteiger partial charge in [0, 0.05) is 18.7 Å². The molecule has 0 aromatic heterocycles. The SMILES string of the molecule is CCC(CC)C(O)CNCc1c(F)cc(C#N)cc1F. The minimum atomic E-state index is -0.744. The molecule has 110 valence electrons. The molecule has 1 aromatic rings. The van der Waals surface area contributed by atoms with Gasteiger partial charge in [-0.15, -0.1) is 0 Å². The maximum Gasteiger partial charge on any atom is 0.131 e. The predicted octanol–water partition coefficient (Wildman–Crippen LogP) is 2.72. The van der Waals surface area contributed by atoms with Crippen molar-refractivity contribution in [1.82, 2.24) is 5.32 Å². The summed E-state index contributed by atoms with van der Waals surface area (Å²) < 4.78 is 27.2. The third kappa shape index (κ3) is 4.26. The van der Waals surface area contributed by atoms with E-state index in [0.717, 1.165) is 25.0 Å². The van der Waals surface area contributed by atoms with E-state index in [0.29, 0.717) is 0 Å². The van der Waals surface area contributed by atoms with Crippen molar-refractivity contribution < 1.29 is 13.9 Å². The van der Waals surface area contributed by atoms with E-state index >= 15 is 0 Å². The first-order valence-electron chi connectivity index (χ1n) is 6.80. The number of nitrogens with one attached hydrogen (secondary N) is 1. The minimum Gasteiger partial charge on any atom is -0.392 e. The van der Waals surface area contributed by atoms with E-state index in [1.165, 1.54) is 0 Å². The van der Waals surface area contributed by atoms with Crippen LogP contribution in [0, 0.1) is 28.9 Å². The van der Waals surface area contributed by atoms with Crippen LogP contribution in [0.15, 0.2) is 12.1 Å². The van der Waals surface area contributed by atoms with Gasteiger partial charge in [0.25, 0.3) is 0 Å². The summed E-state index contributed by atoms with van der Waals surface area (Å²) in [5.74, 6) is -1.31. The molecule has 0 radical (unpaired) electrons. The Kier molecular flexibility index (Phi) is 6.56. The number of nitriles is 1. The van der Waals surface area contributed by atoms with E-state index in [1.807, 2.05) is 13.8 Å². The monoisotopic (exact) mass is 282 g/mol. The first-order chi connectivity index (χ1) is 9.53. The minimum absolute atomic E-state index is 0.0133. The summed E-state index contributed by atoms with van der Waals surface area (Å²) >= 11 is 0. The second-order valence-corrected chi connectivity index (χ2v) is 4.81. The van der Waals surface area contributed by atoms with Gasteiger partial charge in [0.2, 0.25) is 0 Å². The number of hydrogen-bond donors (Lipinski definition) is 2. The van der Waals surface area contributed by atoms with E-state index in [2.05, 4.69) is 5.32 Å². The third-order valence-corrected chi connectivity index (χ3v) is 3.52. The van der Waals surface area contributed by atoms with Crippen LogP contribution in [0.25, 0.3) is 0 Å². The van der Waals surface area contributed by atoms with Crippen LogP contribution in [0.3, 0.4) is 0 Å². The molecule has 5 heteroatoms. The van der Waals surface area contributed by atoms with Gasteiger partial charge >= 0.3 is 0 Å². The maximum atomic E-state index is 13.6. The van der Waals surface area contributed by atoms with Gasteiger partial charge in [-0.05, 0) is 18.1 Å². The largest absolute Gasteiger partial charge is 0.392 e. The highest BCUT2D eigenvalue weighted by atomic mass is 19.1. The number of rotatable bonds is 7. The number of hydrogen-bond acceptors (Lipinski definition) is 3. The zero-order valence-electron chi connectivity index (χ0n) is 11.8. The van der Waals surface area contributed by atoms with Gasteiger partial charge in [-0.3, -0.25) is 0 Å². The van der Waals surface area contributed by atoms with E-state index in [-0.39, 0.29) is 30.1 Å². The number of aliphatic hydroxyl groups is 1. The molecule has 0 aliphatic rings. The molecule has 3 nitrogen and oxygen atoms in total. The normalized spacial score (nSPS) is 12.4. The van der Waals surface area contributed by atoms with Crippen LogP contribution in [0.2, 0.25) is 0 Å². The Labute approximate surface area is 118 Å². The molecule has 0 spiro atoms. The Bertz CT molecular complexity index is 458. The Morgan fingerprint density at radius 1 is 1.25 bits per heavy atom. The number of aliphatic hydroxyl groups excluding tert-OH is 1. The van der Waals surface area contributed by atoms with Crippen molar-refractivity contribution in [3.05, 3.63) is 34.9 Å². The molecule has 1 aromatic carbocycles. The van der Waals surface area contributed by atoms with Crippen molar-refractivity contribution in [2.45, 2.75) is 39.3 Å². The molecule has 1 atom stereocenters. The second-order valence-electron chi connectivity index (χ2n) is 4.81. The summed E-state index contributed by atoms with van der Waals surface area (Å²) in [4.78, 5) is 0. The van der Waals surface area contributed by atoms with Gasteiger partial charge in [-0.25, -0.2) is 8.78 Å². The van der Waals surface area contributed by atoms with Crippen molar-refractivity contribution in [2.75, 3.05) is 6.54 Å². The lowest BCUT2D eigenvalue weighted by Gasteiger charge is -2.20. The Balaban J connectivity index is 2.61. The van der Waals surface area contributed by atoms with Gasteiger partial charge in [-0.2, -0.15) is 5.26 Å². The predicted molar refractivity (Wildman–Crippen MR) is 72.9 cm³/mol.